The molecule has 8 aromatic carbocycles. The highest BCUT2D eigenvalue weighted by molar-refractivity contribution is 7.99. The Morgan fingerprint density at radius 2 is 1.07 bits per heavy atom. The van der Waals surface area contributed by atoms with E-state index in [1.165, 1.54) is 53.3 Å². The Bertz CT molecular complexity index is 3490. The SMILES string of the molecule is c1ccc(-c2nc(-c3ccc4c(c3)nc(-c3ccccc3)c3ccc5c(c34)Sc3ccccc3C53c4ccccc4-c4ccccc43)c3sc4ccccc4c3n2)cc1. The van der Waals surface area contributed by atoms with Gasteiger partial charge < -0.3 is 0 Å². The van der Waals surface area contributed by atoms with Gasteiger partial charge in [-0.1, -0.05) is 182 Å². The van der Waals surface area contributed by atoms with Gasteiger partial charge in [-0.15, -0.1) is 11.3 Å². The largest absolute Gasteiger partial charge is 0.247 e. The van der Waals surface area contributed by atoms with Gasteiger partial charge in [0.05, 0.1) is 32.5 Å². The maximum atomic E-state index is 5.57. The van der Waals surface area contributed by atoms with Gasteiger partial charge >= 0.3 is 0 Å². The summed E-state index contributed by atoms with van der Waals surface area (Å²) in [5, 5.41) is 4.67. The first-order chi connectivity index (χ1) is 29.3. The number of hydrogen-bond acceptors (Lipinski definition) is 5. The predicted molar refractivity (Wildman–Crippen MR) is 245 cm³/mol. The van der Waals surface area contributed by atoms with Crippen LogP contribution in [0.15, 0.2) is 198 Å². The number of benzene rings is 8. The second-order valence-electron chi connectivity index (χ2n) is 15.4. The average Bonchev–Trinajstić information content (AvgIpc) is 3.83. The van der Waals surface area contributed by atoms with E-state index in [1.54, 1.807) is 11.3 Å². The fraction of sp³-hybridized carbons (Fsp3) is 0.0185. The van der Waals surface area contributed by atoms with Gasteiger partial charge in [0.15, 0.2) is 5.82 Å². The van der Waals surface area contributed by atoms with Crippen LogP contribution in [0.1, 0.15) is 22.3 Å². The van der Waals surface area contributed by atoms with Gasteiger partial charge in [-0.05, 0) is 51.6 Å². The van der Waals surface area contributed by atoms with Gasteiger partial charge in [-0.25, -0.2) is 15.0 Å². The van der Waals surface area contributed by atoms with Crippen LogP contribution in [0.25, 0.3) is 87.0 Å². The number of rotatable bonds is 3. The molecule has 0 saturated heterocycles. The van der Waals surface area contributed by atoms with Crippen molar-refractivity contribution in [3.8, 4) is 45.0 Å². The maximum absolute atomic E-state index is 5.57. The molecule has 5 heteroatoms. The summed E-state index contributed by atoms with van der Waals surface area (Å²) in [6.45, 7) is 0. The Kier molecular flexibility index (Phi) is 7.03. The monoisotopic (exact) mass is 785 g/mol. The summed E-state index contributed by atoms with van der Waals surface area (Å²) in [7, 11) is 0. The van der Waals surface area contributed by atoms with E-state index in [4.69, 9.17) is 15.0 Å². The van der Waals surface area contributed by atoms with Crippen LogP contribution in [0.3, 0.4) is 0 Å². The first-order valence-electron chi connectivity index (χ1n) is 19.9. The van der Waals surface area contributed by atoms with Crippen LogP contribution in [-0.4, -0.2) is 15.0 Å². The maximum Gasteiger partial charge on any atom is 0.160 e. The third-order valence-corrected chi connectivity index (χ3v) is 14.7. The summed E-state index contributed by atoms with van der Waals surface area (Å²) in [5.74, 6) is 0.722. The van der Waals surface area contributed by atoms with Crippen molar-refractivity contribution in [2.24, 2.45) is 0 Å². The molecule has 59 heavy (non-hydrogen) atoms. The highest BCUT2D eigenvalue weighted by atomic mass is 32.2. The normalized spacial score (nSPS) is 13.5. The van der Waals surface area contributed by atoms with Crippen molar-refractivity contribution >= 4 is 65.1 Å². The van der Waals surface area contributed by atoms with Crippen LogP contribution in [-0.2, 0) is 5.41 Å². The van der Waals surface area contributed by atoms with E-state index in [-0.39, 0.29) is 0 Å². The number of hydrogen-bond donors (Lipinski definition) is 0. The molecular formula is C54H31N3S2. The molecule has 1 aliphatic heterocycles. The molecule has 274 valence electrons. The van der Waals surface area contributed by atoms with E-state index in [0.717, 1.165) is 65.8 Å². The number of pyridine rings is 1. The lowest BCUT2D eigenvalue weighted by atomic mass is 9.67. The fourth-order valence-corrected chi connectivity index (χ4v) is 12.4. The predicted octanol–water partition coefficient (Wildman–Crippen LogP) is 14.4. The molecule has 2 aliphatic rings. The summed E-state index contributed by atoms with van der Waals surface area (Å²) in [4.78, 5) is 18.7. The Morgan fingerprint density at radius 3 is 1.85 bits per heavy atom. The lowest BCUT2D eigenvalue weighted by Gasteiger charge is -2.40. The Balaban J connectivity index is 1.14. The zero-order chi connectivity index (χ0) is 38.7. The molecule has 0 fully saturated rings. The van der Waals surface area contributed by atoms with Crippen molar-refractivity contribution in [1.82, 2.24) is 15.0 Å². The second kappa shape index (κ2) is 12.5. The number of aromatic nitrogens is 3. The third kappa shape index (κ3) is 4.63. The molecule has 0 N–H and O–H groups in total. The molecule has 1 aliphatic carbocycles. The second-order valence-corrected chi connectivity index (χ2v) is 17.5. The minimum atomic E-state index is -0.470. The molecule has 4 heterocycles. The van der Waals surface area contributed by atoms with Gasteiger partial charge in [0.2, 0.25) is 0 Å². The molecular weight excluding hydrogens is 755 g/mol. The minimum Gasteiger partial charge on any atom is -0.247 e. The van der Waals surface area contributed by atoms with Gasteiger partial charge in [0, 0.05) is 52.7 Å². The van der Waals surface area contributed by atoms with E-state index in [0.29, 0.717) is 0 Å². The molecule has 13 rings (SSSR count). The number of nitrogens with zero attached hydrogens (tertiary/aromatic N) is 3. The van der Waals surface area contributed by atoms with Crippen molar-refractivity contribution < 1.29 is 0 Å². The lowest BCUT2D eigenvalue weighted by Crippen LogP contribution is -2.32. The molecule has 11 aromatic rings. The van der Waals surface area contributed by atoms with E-state index >= 15 is 0 Å². The third-order valence-electron chi connectivity index (χ3n) is 12.3. The molecule has 0 amide bonds. The smallest absolute Gasteiger partial charge is 0.160 e. The van der Waals surface area contributed by atoms with Crippen LogP contribution < -0.4 is 0 Å². The van der Waals surface area contributed by atoms with Gasteiger partial charge in [0.1, 0.15) is 0 Å². The lowest BCUT2D eigenvalue weighted by molar-refractivity contribution is 0.726. The van der Waals surface area contributed by atoms with Crippen molar-refractivity contribution in [2.75, 3.05) is 0 Å². The zero-order valence-corrected chi connectivity index (χ0v) is 33.2. The van der Waals surface area contributed by atoms with Crippen LogP contribution >= 0.6 is 23.1 Å². The molecule has 0 saturated carbocycles. The quantitative estimate of drug-likeness (QED) is 0.167. The Hall–Kier alpha value is -6.92. The van der Waals surface area contributed by atoms with E-state index < -0.39 is 5.41 Å². The topological polar surface area (TPSA) is 38.7 Å². The Morgan fingerprint density at radius 1 is 0.424 bits per heavy atom. The van der Waals surface area contributed by atoms with Crippen LogP contribution in [0.5, 0.6) is 0 Å². The highest BCUT2D eigenvalue weighted by Crippen LogP contribution is 2.63. The van der Waals surface area contributed by atoms with Gasteiger partial charge in [-0.2, -0.15) is 0 Å². The van der Waals surface area contributed by atoms with Gasteiger partial charge in [-0.3, -0.25) is 0 Å². The van der Waals surface area contributed by atoms with Crippen LogP contribution in [0.2, 0.25) is 0 Å². The highest BCUT2D eigenvalue weighted by Gasteiger charge is 2.50. The molecule has 0 radical (unpaired) electrons. The van der Waals surface area contributed by atoms with Crippen LogP contribution in [0, 0.1) is 0 Å². The van der Waals surface area contributed by atoms with E-state index in [2.05, 4.69) is 182 Å². The van der Waals surface area contributed by atoms with Crippen molar-refractivity contribution in [3.63, 3.8) is 0 Å². The summed E-state index contributed by atoms with van der Waals surface area (Å²) in [6, 6.07) is 68.2. The molecule has 1 spiro atoms. The summed E-state index contributed by atoms with van der Waals surface area (Å²) in [5.41, 5.74) is 14.4. The molecule has 0 atom stereocenters. The van der Waals surface area contributed by atoms with E-state index in [1.807, 2.05) is 17.8 Å². The number of fused-ring (bicyclic) bond motifs is 16. The van der Waals surface area contributed by atoms with Gasteiger partial charge in [0.25, 0.3) is 0 Å². The van der Waals surface area contributed by atoms with E-state index in [9.17, 15) is 0 Å². The van der Waals surface area contributed by atoms with Crippen LogP contribution in [0.4, 0.5) is 0 Å². The standard InChI is InChI=1S/C54H31N3S2/c1-3-15-32(16-4-1)48-39-29-30-43-51(59-46-26-14-12-24-42(46)54(43)40-22-10-7-19-35(40)36-20-8-11-23-41(36)54)47(39)37-28-27-34(31-44(37)55-48)49-52-50(38-21-9-13-25-45(38)58-52)57-53(56-49)33-17-5-2-6-18-33/h1-31H. The first kappa shape index (κ1) is 33.1. The first-order valence-corrected chi connectivity index (χ1v) is 21.6. The van der Waals surface area contributed by atoms with Crippen molar-refractivity contribution in [1.29, 1.82) is 0 Å². The molecule has 3 nitrogen and oxygen atoms in total. The average molecular weight is 786 g/mol. The zero-order valence-electron chi connectivity index (χ0n) is 31.6. The number of thiophene rings is 1. The molecule has 0 unspecified atom stereocenters. The summed E-state index contributed by atoms with van der Waals surface area (Å²) >= 11 is 3.66. The van der Waals surface area contributed by atoms with Crippen molar-refractivity contribution in [2.45, 2.75) is 15.2 Å². The Labute approximate surface area is 348 Å². The van der Waals surface area contributed by atoms with Crippen molar-refractivity contribution in [3.05, 3.63) is 210 Å². The molecule has 3 aromatic heterocycles. The fourth-order valence-electron chi connectivity index (χ4n) is 9.87. The summed E-state index contributed by atoms with van der Waals surface area (Å²) < 4.78 is 2.28. The molecule has 0 bridgehead atoms. The summed E-state index contributed by atoms with van der Waals surface area (Å²) in [6.07, 6.45) is 0. The minimum absolute atomic E-state index is 0.470.